The molecule has 0 radical (unpaired) electrons. The number of hydrogen-bond donors (Lipinski definition) is 2. The van der Waals surface area contributed by atoms with Gasteiger partial charge in [-0.3, -0.25) is 9.59 Å². The standard InChI is InChI=1S/C18H12Cl3NO3/c19-9-2-4-16-12(5-9)14(8-22-16)13(18(24)25)7-17(23)11-3-1-10(20)6-15(11)21/h1-6,8,13,22H,7H2,(H,24,25). The van der Waals surface area contributed by atoms with Crippen LogP contribution in [0.2, 0.25) is 15.1 Å². The van der Waals surface area contributed by atoms with E-state index in [9.17, 15) is 14.7 Å². The normalized spacial score (nSPS) is 12.3. The number of fused-ring (bicyclic) bond motifs is 1. The summed E-state index contributed by atoms with van der Waals surface area (Å²) in [6.07, 6.45) is 1.37. The molecule has 3 aromatic rings. The van der Waals surface area contributed by atoms with Gasteiger partial charge in [0.25, 0.3) is 0 Å². The lowest BCUT2D eigenvalue weighted by molar-refractivity contribution is -0.138. The first-order valence-corrected chi connectivity index (χ1v) is 8.48. The van der Waals surface area contributed by atoms with E-state index >= 15 is 0 Å². The molecule has 4 nitrogen and oxygen atoms in total. The summed E-state index contributed by atoms with van der Waals surface area (Å²) in [7, 11) is 0. The maximum absolute atomic E-state index is 12.6. The lowest BCUT2D eigenvalue weighted by Crippen LogP contribution is -2.16. The molecule has 0 aliphatic rings. The average molecular weight is 397 g/mol. The first kappa shape index (κ1) is 17.8. The third-order valence-electron chi connectivity index (χ3n) is 3.97. The van der Waals surface area contributed by atoms with Crippen molar-refractivity contribution in [2.24, 2.45) is 0 Å². The first-order chi connectivity index (χ1) is 11.9. The molecule has 25 heavy (non-hydrogen) atoms. The van der Waals surface area contributed by atoms with Gasteiger partial charge in [-0.1, -0.05) is 34.8 Å². The van der Waals surface area contributed by atoms with Gasteiger partial charge in [0.15, 0.2) is 5.78 Å². The second-order valence-corrected chi connectivity index (χ2v) is 6.86. The van der Waals surface area contributed by atoms with Crippen LogP contribution < -0.4 is 0 Å². The maximum Gasteiger partial charge on any atom is 0.311 e. The molecule has 128 valence electrons. The largest absolute Gasteiger partial charge is 0.481 e. The average Bonchev–Trinajstić information content (AvgIpc) is 2.94. The number of aromatic amines is 1. The van der Waals surface area contributed by atoms with Crippen LogP contribution in [0.3, 0.4) is 0 Å². The van der Waals surface area contributed by atoms with Crippen LogP contribution >= 0.6 is 34.8 Å². The Labute approximate surface area is 158 Å². The number of hydrogen-bond acceptors (Lipinski definition) is 2. The van der Waals surface area contributed by atoms with Gasteiger partial charge in [0, 0.05) is 39.1 Å². The summed E-state index contributed by atoms with van der Waals surface area (Å²) in [6, 6.07) is 9.65. The quantitative estimate of drug-likeness (QED) is 0.554. The summed E-state index contributed by atoms with van der Waals surface area (Å²) >= 11 is 17.9. The first-order valence-electron chi connectivity index (χ1n) is 7.34. The van der Waals surface area contributed by atoms with Crippen molar-refractivity contribution in [2.75, 3.05) is 0 Å². The molecule has 0 aliphatic heterocycles. The number of halogens is 3. The zero-order chi connectivity index (χ0) is 18.1. The molecular weight excluding hydrogens is 385 g/mol. The highest BCUT2D eigenvalue weighted by Crippen LogP contribution is 2.32. The Bertz CT molecular complexity index is 981. The van der Waals surface area contributed by atoms with E-state index in [0.717, 1.165) is 5.52 Å². The lowest BCUT2D eigenvalue weighted by atomic mass is 9.91. The van der Waals surface area contributed by atoms with Crippen molar-refractivity contribution in [2.45, 2.75) is 12.3 Å². The summed E-state index contributed by atoms with van der Waals surface area (Å²) in [5.74, 6) is -2.49. The molecule has 3 rings (SSSR count). The third-order valence-corrected chi connectivity index (χ3v) is 4.75. The van der Waals surface area contributed by atoms with Crippen molar-refractivity contribution in [3.05, 3.63) is 68.8 Å². The predicted molar refractivity (Wildman–Crippen MR) is 99.1 cm³/mol. The van der Waals surface area contributed by atoms with Crippen molar-refractivity contribution in [1.82, 2.24) is 4.98 Å². The summed E-state index contributed by atoms with van der Waals surface area (Å²) in [6.45, 7) is 0. The van der Waals surface area contributed by atoms with Crippen LogP contribution in [0.25, 0.3) is 10.9 Å². The van der Waals surface area contributed by atoms with E-state index in [0.29, 0.717) is 21.0 Å². The van der Waals surface area contributed by atoms with Crippen LogP contribution in [-0.2, 0) is 4.79 Å². The van der Waals surface area contributed by atoms with Gasteiger partial charge < -0.3 is 10.1 Å². The van der Waals surface area contributed by atoms with Crippen LogP contribution in [0.4, 0.5) is 0 Å². The molecular formula is C18H12Cl3NO3. The molecule has 1 unspecified atom stereocenters. The third kappa shape index (κ3) is 3.66. The number of carboxylic acid groups (broad SMARTS) is 1. The minimum atomic E-state index is -1.10. The summed E-state index contributed by atoms with van der Waals surface area (Å²) in [5.41, 5.74) is 1.50. The number of carbonyl (C=O) groups is 2. The van der Waals surface area contributed by atoms with E-state index in [1.165, 1.54) is 12.1 Å². The molecule has 0 saturated carbocycles. The number of aromatic nitrogens is 1. The SMILES string of the molecule is O=C(CC(C(=O)O)c1c[nH]c2ccc(Cl)cc12)c1ccc(Cl)cc1Cl. The van der Waals surface area contributed by atoms with Crippen LogP contribution in [0.5, 0.6) is 0 Å². The van der Waals surface area contributed by atoms with Crippen molar-refractivity contribution >= 4 is 57.5 Å². The molecule has 1 heterocycles. The van der Waals surface area contributed by atoms with Gasteiger partial charge in [0.1, 0.15) is 0 Å². The smallest absolute Gasteiger partial charge is 0.311 e. The van der Waals surface area contributed by atoms with Crippen molar-refractivity contribution in [1.29, 1.82) is 0 Å². The van der Waals surface area contributed by atoms with Gasteiger partial charge in [-0.15, -0.1) is 0 Å². The van der Waals surface area contributed by atoms with Gasteiger partial charge >= 0.3 is 5.97 Å². The lowest BCUT2D eigenvalue weighted by Gasteiger charge is -2.12. The predicted octanol–water partition coefficient (Wildman–Crippen LogP) is 5.57. The Morgan fingerprint density at radius 1 is 1.04 bits per heavy atom. The highest BCUT2D eigenvalue weighted by Gasteiger charge is 2.27. The van der Waals surface area contributed by atoms with Crippen LogP contribution in [0.15, 0.2) is 42.6 Å². The Morgan fingerprint density at radius 2 is 1.72 bits per heavy atom. The fourth-order valence-corrected chi connectivity index (χ4v) is 3.43. The van der Waals surface area contributed by atoms with Crippen molar-refractivity contribution < 1.29 is 14.7 Å². The number of Topliss-reactive ketones (excluding diaryl/α,β-unsaturated/α-hetero) is 1. The van der Waals surface area contributed by atoms with E-state index < -0.39 is 11.9 Å². The Kier molecular flexibility index (Phi) is 5.04. The molecule has 1 atom stereocenters. The fraction of sp³-hybridized carbons (Fsp3) is 0.111. The number of benzene rings is 2. The van der Waals surface area contributed by atoms with E-state index in [4.69, 9.17) is 34.8 Å². The van der Waals surface area contributed by atoms with Crippen molar-refractivity contribution in [3.63, 3.8) is 0 Å². The highest BCUT2D eigenvalue weighted by atomic mass is 35.5. The van der Waals surface area contributed by atoms with Crippen LogP contribution in [0.1, 0.15) is 28.3 Å². The van der Waals surface area contributed by atoms with Gasteiger partial charge in [-0.25, -0.2) is 0 Å². The molecule has 0 aliphatic carbocycles. The molecule has 2 N–H and O–H groups in total. The van der Waals surface area contributed by atoms with Crippen molar-refractivity contribution in [3.8, 4) is 0 Å². The summed E-state index contributed by atoms with van der Waals surface area (Å²) in [5, 5.41) is 11.4. The molecule has 0 spiro atoms. The van der Waals surface area contributed by atoms with E-state index in [-0.39, 0.29) is 22.8 Å². The van der Waals surface area contributed by atoms with Gasteiger partial charge in [0.2, 0.25) is 0 Å². The summed E-state index contributed by atoms with van der Waals surface area (Å²) < 4.78 is 0. The number of carboxylic acids is 1. The number of H-pyrrole nitrogens is 1. The number of aliphatic carboxylic acids is 1. The van der Waals surface area contributed by atoms with Gasteiger partial charge in [0.05, 0.1) is 10.9 Å². The van der Waals surface area contributed by atoms with Gasteiger partial charge in [-0.05, 0) is 42.0 Å². The molecule has 0 fully saturated rings. The fourth-order valence-electron chi connectivity index (χ4n) is 2.74. The minimum absolute atomic E-state index is 0.198. The maximum atomic E-state index is 12.6. The second kappa shape index (κ2) is 7.08. The minimum Gasteiger partial charge on any atom is -0.481 e. The number of rotatable bonds is 5. The molecule has 0 amide bonds. The Balaban J connectivity index is 1.97. The van der Waals surface area contributed by atoms with Crippen LogP contribution in [-0.4, -0.2) is 21.8 Å². The monoisotopic (exact) mass is 395 g/mol. The number of ketones is 1. The van der Waals surface area contributed by atoms with Gasteiger partial charge in [-0.2, -0.15) is 0 Å². The molecule has 7 heteroatoms. The zero-order valence-electron chi connectivity index (χ0n) is 12.7. The molecule has 2 aromatic carbocycles. The van der Waals surface area contributed by atoms with Crippen LogP contribution in [0, 0.1) is 0 Å². The van der Waals surface area contributed by atoms with E-state index in [1.54, 1.807) is 30.5 Å². The molecule has 1 aromatic heterocycles. The number of nitrogens with one attached hydrogen (secondary N) is 1. The Morgan fingerprint density at radius 3 is 2.40 bits per heavy atom. The summed E-state index contributed by atoms with van der Waals surface area (Å²) in [4.78, 5) is 27.3. The second-order valence-electron chi connectivity index (χ2n) is 5.58. The molecule has 0 saturated heterocycles. The van der Waals surface area contributed by atoms with E-state index in [1.807, 2.05) is 0 Å². The zero-order valence-corrected chi connectivity index (χ0v) is 15.0. The highest BCUT2D eigenvalue weighted by molar-refractivity contribution is 6.36. The Hall–Kier alpha value is -2.01. The topological polar surface area (TPSA) is 70.2 Å². The van der Waals surface area contributed by atoms with E-state index in [2.05, 4.69) is 4.98 Å². The molecule has 0 bridgehead atoms. The number of carbonyl (C=O) groups excluding carboxylic acids is 1.